The molecular weight excluding hydrogens is 462 g/mol. The van der Waals surface area contributed by atoms with E-state index in [9.17, 15) is 9.59 Å². The number of alkyl carbamates (subject to hydrolysis) is 1. The molecule has 8 heteroatoms. The summed E-state index contributed by atoms with van der Waals surface area (Å²) in [6, 6.07) is -0.734. The second-order valence-corrected chi connectivity index (χ2v) is 18.4. The molecule has 1 spiro atoms. The predicted molar refractivity (Wildman–Crippen MR) is 141 cm³/mol. The Hall–Kier alpha value is -0.963. The number of ether oxygens (including phenoxy) is 3. The average molecular weight is 514 g/mol. The zero-order chi connectivity index (χ0) is 26.8. The summed E-state index contributed by atoms with van der Waals surface area (Å²) in [5, 5.41) is 2.78. The van der Waals surface area contributed by atoms with Crippen LogP contribution in [0.5, 0.6) is 0 Å². The van der Waals surface area contributed by atoms with Crippen LogP contribution in [0.1, 0.15) is 88.0 Å². The normalized spacial score (nSPS) is 31.0. The lowest BCUT2D eigenvalue weighted by molar-refractivity contribution is -0.245. The highest BCUT2D eigenvalue weighted by molar-refractivity contribution is 6.74. The molecule has 0 aromatic rings. The smallest absolute Gasteiger partial charge is 0.408 e. The highest BCUT2D eigenvalue weighted by Crippen LogP contribution is 2.50. The molecule has 2 fully saturated rings. The van der Waals surface area contributed by atoms with Gasteiger partial charge in [0, 0.05) is 18.8 Å². The number of hydrogen-bond donors (Lipinski definition) is 1. The second kappa shape index (κ2) is 11.2. The first-order valence-corrected chi connectivity index (χ1v) is 16.2. The van der Waals surface area contributed by atoms with Crippen LogP contribution in [-0.4, -0.2) is 56.9 Å². The summed E-state index contributed by atoms with van der Waals surface area (Å²) >= 11 is 0. The molecule has 0 aromatic carbocycles. The van der Waals surface area contributed by atoms with E-state index in [2.05, 4.69) is 60.0 Å². The number of hydrogen-bond acceptors (Lipinski definition) is 6. The molecule has 0 bridgehead atoms. The van der Waals surface area contributed by atoms with Crippen LogP contribution >= 0.6 is 0 Å². The number of amides is 1. The maximum Gasteiger partial charge on any atom is 0.408 e. The van der Waals surface area contributed by atoms with Crippen LogP contribution in [0.3, 0.4) is 0 Å². The first-order chi connectivity index (χ1) is 15.9. The van der Waals surface area contributed by atoms with Crippen molar-refractivity contribution in [1.82, 2.24) is 5.32 Å². The fraction of sp³-hybridized carbons (Fsp3) is 0.926. The molecule has 35 heavy (non-hydrogen) atoms. The maximum absolute atomic E-state index is 12.3. The summed E-state index contributed by atoms with van der Waals surface area (Å²) in [4.78, 5) is 24.3. The lowest BCUT2D eigenvalue weighted by Crippen LogP contribution is -2.47. The van der Waals surface area contributed by atoms with Crippen LogP contribution in [0.2, 0.25) is 18.1 Å². The van der Waals surface area contributed by atoms with E-state index in [1.807, 2.05) is 0 Å². The molecule has 1 heterocycles. The van der Waals surface area contributed by atoms with Crippen molar-refractivity contribution in [3.8, 4) is 0 Å². The Balaban J connectivity index is 2.26. The molecule has 0 radical (unpaired) electrons. The van der Waals surface area contributed by atoms with Crippen molar-refractivity contribution in [1.29, 1.82) is 0 Å². The summed E-state index contributed by atoms with van der Waals surface area (Å²) in [7, 11) is -2.01. The van der Waals surface area contributed by atoms with Crippen LogP contribution < -0.4 is 5.32 Å². The minimum Gasteiger partial charge on any atom is -0.444 e. The molecule has 1 saturated carbocycles. The van der Waals surface area contributed by atoms with E-state index in [1.165, 1.54) is 0 Å². The van der Waals surface area contributed by atoms with Crippen molar-refractivity contribution in [2.45, 2.75) is 136 Å². The molecule has 204 valence electrons. The largest absolute Gasteiger partial charge is 0.444 e. The Bertz CT molecular complexity index is 728. The Morgan fingerprint density at radius 3 is 2.23 bits per heavy atom. The van der Waals surface area contributed by atoms with E-state index in [-0.39, 0.29) is 23.2 Å². The van der Waals surface area contributed by atoms with Crippen LogP contribution in [0.4, 0.5) is 4.79 Å². The number of carbonyl (C=O) groups excluding carboxylic acids is 2. The van der Waals surface area contributed by atoms with Crippen LogP contribution in [-0.2, 0) is 23.4 Å². The molecule has 1 amide bonds. The summed E-state index contributed by atoms with van der Waals surface area (Å²) < 4.78 is 25.5. The molecule has 0 unspecified atom stereocenters. The molecule has 7 nitrogen and oxygen atoms in total. The van der Waals surface area contributed by atoms with E-state index in [0.29, 0.717) is 24.9 Å². The molecule has 0 aromatic heterocycles. The van der Waals surface area contributed by atoms with Crippen LogP contribution in [0, 0.1) is 17.8 Å². The first-order valence-electron chi connectivity index (χ1n) is 13.3. The highest BCUT2D eigenvalue weighted by atomic mass is 28.4. The van der Waals surface area contributed by atoms with Gasteiger partial charge in [-0.2, -0.15) is 0 Å². The van der Waals surface area contributed by atoms with Crippen LogP contribution in [0.15, 0.2) is 0 Å². The monoisotopic (exact) mass is 513 g/mol. The summed E-state index contributed by atoms with van der Waals surface area (Å²) in [5.41, 5.74) is -0.642. The molecule has 2 aliphatic rings. The van der Waals surface area contributed by atoms with Gasteiger partial charge in [0.25, 0.3) is 0 Å². The van der Waals surface area contributed by atoms with E-state index < -0.39 is 31.8 Å². The van der Waals surface area contributed by atoms with Crippen molar-refractivity contribution >= 4 is 20.7 Å². The third-order valence-electron chi connectivity index (χ3n) is 7.86. The van der Waals surface area contributed by atoms with Crippen LogP contribution in [0.25, 0.3) is 0 Å². The van der Waals surface area contributed by atoms with Gasteiger partial charge < -0.3 is 28.7 Å². The van der Waals surface area contributed by atoms with Gasteiger partial charge >= 0.3 is 6.09 Å². The topological polar surface area (TPSA) is 83.1 Å². The van der Waals surface area contributed by atoms with Crippen molar-refractivity contribution in [2.75, 3.05) is 6.61 Å². The van der Waals surface area contributed by atoms with Gasteiger partial charge in [0.1, 0.15) is 18.0 Å². The van der Waals surface area contributed by atoms with Crippen molar-refractivity contribution < 1.29 is 28.2 Å². The number of aldehydes is 1. The van der Waals surface area contributed by atoms with Crippen molar-refractivity contribution in [3.63, 3.8) is 0 Å². The first kappa shape index (κ1) is 30.3. The quantitative estimate of drug-likeness (QED) is 0.314. The molecule has 1 saturated heterocycles. The fourth-order valence-electron chi connectivity index (χ4n) is 4.93. The SMILES string of the molecule is CC(C)[C@@H]1CC[C@@H](C)C[C@@]12O[C@@H](CO[Si](C)(C)C(C)(C)C)[C@@H](C[C@H](C=O)NC(=O)OC(C)(C)C)O2. The molecule has 1 aliphatic heterocycles. The minimum absolute atomic E-state index is 0.0725. The minimum atomic E-state index is -2.01. The summed E-state index contributed by atoms with van der Waals surface area (Å²) in [5.74, 6) is 0.488. The third kappa shape index (κ3) is 8.01. The van der Waals surface area contributed by atoms with E-state index in [0.717, 1.165) is 25.5 Å². The fourth-order valence-corrected chi connectivity index (χ4v) is 5.95. The Kier molecular flexibility index (Phi) is 9.68. The van der Waals surface area contributed by atoms with Crippen molar-refractivity contribution in [2.24, 2.45) is 17.8 Å². The molecule has 1 N–H and O–H groups in total. The van der Waals surface area contributed by atoms with Gasteiger partial charge in [-0.25, -0.2) is 4.79 Å². The lowest BCUT2D eigenvalue weighted by atomic mass is 9.73. The maximum atomic E-state index is 12.3. The molecule has 2 rings (SSSR count). The second-order valence-electron chi connectivity index (χ2n) is 13.6. The third-order valence-corrected chi connectivity index (χ3v) is 12.4. The zero-order valence-corrected chi connectivity index (χ0v) is 25.0. The van der Waals surface area contributed by atoms with E-state index in [1.54, 1.807) is 20.8 Å². The lowest BCUT2D eigenvalue weighted by Gasteiger charge is -2.44. The Morgan fingerprint density at radius 2 is 1.71 bits per heavy atom. The highest BCUT2D eigenvalue weighted by Gasteiger charge is 2.55. The van der Waals surface area contributed by atoms with Gasteiger partial charge in [-0.15, -0.1) is 0 Å². The van der Waals surface area contributed by atoms with Gasteiger partial charge in [-0.1, -0.05) is 48.0 Å². The Morgan fingerprint density at radius 1 is 1.11 bits per heavy atom. The molecule has 1 aliphatic carbocycles. The summed E-state index contributed by atoms with van der Waals surface area (Å²) in [6.07, 6.45) is 2.83. The van der Waals surface area contributed by atoms with Gasteiger partial charge in [0.15, 0.2) is 14.1 Å². The van der Waals surface area contributed by atoms with E-state index in [4.69, 9.17) is 18.6 Å². The number of nitrogens with one attached hydrogen (secondary N) is 1. The van der Waals surface area contributed by atoms with Gasteiger partial charge in [0.05, 0.1) is 18.8 Å². The van der Waals surface area contributed by atoms with Gasteiger partial charge in [-0.3, -0.25) is 0 Å². The zero-order valence-electron chi connectivity index (χ0n) is 24.0. The molecular formula is C27H51NO6Si. The average Bonchev–Trinajstić information content (AvgIpc) is 3.00. The van der Waals surface area contributed by atoms with Crippen molar-refractivity contribution in [3.05, 3.63) is 0 Å². The standard InChI is InChI=1S/C27H51NO6Si/c1-18(2)21-13-12-19(3)15-27(21)32-22(14-20(16-29)28-24(30)34-25(4,5)6)23(33-27)17-31-35(10,11)26(7,8)9/h16,18-23H,12-15,17H2,1-11H3,(H,28,30)/t19-,20-,21+,22-,23+,27-/m1/s1. The number of carbonyl (C=O) groups is 2. The Labute approximate surface area is 214 Å². The number of rotatable bonds is 8. The van der Waals surface area contributed by atoms with E-state index >= 15 is 0 Å². The summed E-state index contributed by atoms with van der Waals surface area (Å²) in [6.45, 7) is 23.6. The van der Waals surface area contributed by atoms with Gasteiger partial charge in [-0.05, 0) is 57.2 Å². The molecule has 6 atom stereocenters. The van der Waals surface area contributed by atoms with Gasteiger partial charge in [0.2, 0.25) is 0 Å². The predicted octanol–water partition coefficient (Wildman–Crippen LogP) is 6.06.